The topological polar surface area (TPSA) is 35.2 Å². The van der Waals surface area contributed by atoms with Crippen molar-refractivity contribution in [1.29, 1.82) is 0 Å². The first-order valence-corrected chi connectivity index (χ1v) is 7.30. The minimum Gasteiger partial charge on any atom is -0.456 e. The van der Waals surface area contributed by atoms with Gasteiger partial charge in [0.05, 0.1) is 4.47 Å². The molecule has 0 saturated heterocycles. The molecule has 20 heavy (non-hydrogen) atoms. The summed E-state index contributed by atoms with van der Waals surface area (Å²) in [6.07, 6.45) is 0.605. The molecule has 0 amide bonds. The van der Waals surface area contributed by atoms with E-state index in [1.54, 1.807) is 18.2 Å². The predicted molar refractivity (Wildman–Crippen MR) is 83.0 cm³/mol. The van der Waals surface area contributed by atoms with Crippen LogP contribution in [0.4, 0.5) is 4.39 Å². The summed E-state index contributed by atoms with van der Waals surface area (Å²) in [6.45, 7) is 1.90. The Balaban J connectivity index is 2.35. The van der Waals surface area contributed by atoms with E-state index in [1.807, 2.05) is 13.0 Å². The molecule has 0 aliphatic carbocycles. The van der Waals surface area contributed by atoms with E-state index in [9.17, 15) is 4.39 Å². The molecule has 0 aromatic heterocycles. The lowest BCUT2D eigenvalue weighted by atomic mass is 10.1. The monoisotopic (exact) mass is 357 g/mol. The van der Waals surface area contributed by atoms with Gasteiger partial charge in [0.1, 0.15) is 17.3 Å². The lowest BCUT2D eigenvalue weighted by molar-refractivity contribution is 0.469. The summed E-state index contributed by atoms with van der Waals surface area (Å²) >= 11 is 9.47. The number of hydrogen-bond donors (Lipinski definition) is 1. The van der Waals surface area contributed by atoms with E-state index in [2.05, 4.69) is 15.9 Å². The van der Waals surface area contributed by atoms with Crippen LogP contribution in [-0.2, 0) is 6.42 Å². The standard InChI is InChI=1S/C15H14BrClFNO/c1-9(19)7-11-13(17)3-2-4-14(11)20-15-6-5-10(18)8-12(15)16/h2-6,8-9H,7,19H2,1H3. The fraction of sp³-hybridized carbons (Fsp3) is 0.200. The number of nitrogens with two attached hydrogens (primary N) is 1. The number of hydrogen-bond acceptors (Lipinski definition) is 2. The van der Waals surface area contributed by atoms with Gasteiger partial charge < -0.3 is 10.5 Å². The average Bonchev–Trinajstić information content (AvgIpc) is 2.36. The smallest absolute Gasteiger partial charge is 0.141 e. The van der Waals surface area contributed by atoms with E-state index in [-0.39, 0.29) is 11.9 Å². The number of ether oxygens (including phenoxy) is 1. The highest BCUT2D eigenvalue weighted by atomic mass is 79.9. The molecule has 0 fully saturated rings. The molecule has 2 nitrogen and oxygen atoms in total. The summed E-state index contributed by atoms with van der Waals surface area (Å²) in [6, 6.07) is 9.65. The second-order valence-electron chi connectivity index (χ2n) is 4.57. The molecule has 1 unspecified atom stereocenters. The maximum absolute atomic E-state index is 13.1. The molecule has 1 atom stereocenters. The van der Waals surface area contributed by atoms with Crippen LogP contribution in [0.15, 0.2) is 40.9 Å². The molecular formula is C15H14BrClFNO. The summed E-state index contributed by atoms with van der Waals surface area (Å²) in [7, 11) is 0. The summed E-state index contributed by atoms with van der Waals surface area (Å²) < 4.78 is 19.4. The predicted octanol–water partition coefficient (Wildman–Crippen LogP) is 4.92. The van der Waals surface area contributed by atoms with Gasteiger partial charge in [0.25, 0.3) is 0 Å². The van der Waals surface area contributed by atoms with E-state index >= 15 is 0 Å². The van der Waals surface area contributed by atoms with Gasteiger partial charge in [-0.15, -0.1) is 0 Å². The van der Waals surface area contributed by atoms with Crippen molar-refractivity contribution < 1.29 is 9.13 Å². The van der Waals surface area contributed by atoms with Crippen molar-refractivity contribution in [2.75, 3.05) is 0 Å². The van der Waals surface area contributed by atoms with Crippen molar-refractivity contribution in [3.8, 4) is 11.5 Å². The van der Waals surface area contributed by atoms with Crippen LogP contribution in [-0.4, -0.2) is 6.04 Å². The second kappa shape index (κ2) is 6.57. The normalized spacial score (nSPS) is 12.2. The third kappa shape index (κ3) is 3.72. The van der Waals surface area contributed by atoms with Gasteiger partial charge >= 0.3 is 0 Å². The number of halogens is 3. The van der Waals surface area contributed by atoms with Gasteiger partial charge in [-0.1, -0.05) is 17.7 Å². The molecule has 0 saturated carbocycles. The summed E-state index contributed by atoms with van der Waals surface area (Å²) in [5.41, 5.74) is 6.68. The Bertz CT molecular complexity index is 619. The zero-order valence-corrected chi connectivity index (χ0v) is 13.2. The summed E-state index contributed by atoms with van der Waals surface area (Å²) in [5, 5.41) is 0.609. The Morgan fingerprint density at radius 2 is 2.05 bits per heavy atom. The molecule has 106 valence electrons. The maximum atomic E-state index is 13.1. The highest BCUT2D eigenvalue weighted by molar-refractivity contribution is 9.10. The molecule has 0 aliphatic heterocycles. The van der Waals surface area contributed by atoms with Crippen LogP contribution >= 0.6 is 27.5 Å². The first-order chi connectivity index (χ1) is 9.47. The van der Waals surface area contributed by atoms with Crippen molar-refractivity contribution in [1.82, 2.24) is 0 Å². The van der Waals surface area contributed by atoms with Crippen molar-refractivity contribution >= 4 is 27.5 Å². The molecule has 2 N–H and O–H groups in total. The van der Waals surface area contributed by atoms with Gasteiger partial charge in [0, 0.05) is 16.6 Å². The van der Waals surface area contributed by atoms with Crippen LogP contribution in [0.2, 0.25) is 5.02 Å². The molecule has 0 heterocycles. The number of benzene rings is 2. The molecule has 2 aromatic carbocycles. The average molecular weight is 359 g/mol. The fourth-order valence-electron chi connectivity index (χ4n) is 1.83. The highest BCUT2D eigenvalue weighted by Gasteiger charge is 2.12. The minimum absolute atomic E-state index is 0.0334. The zero-order chi connectivity index (χ0) is 14.7. The Labute approximate surface area is 130 Å². The molecule has 5 heteroatoms. The first kappa shape index (κ1) is 15.3. The molecule has 0 bridgehead atoms. The lowest BCUT2D eigenvalue weighted by Crippen LogP contribution is -2.18. The largest absolute Gasteiger partial charge is 0.456 e. The molecule has 2 aromatic rings. The summed E-state index contributed by atoms with van der Waals surface area (Å²) in [4.78, 5) is 0. The van der Waals surface area contributed by atoms with Crippen LogP contribution in [0.1, 0.15) is 12.5 Å². The zero-order valence-electron chi connectivity index (χ0n) is 10.9. The third-order valence-corrected chi connectivity index (χ3v) is 3.69. The van der Waals surface area contributed by atoms with Gasteiger partial charge in [-0.25, -0.2) is 4.39 Å². The Morgan fingerprint density at radius 1 is 1.30 bits per heavy atom. The molecule has 0 spiro atoms. The van der Waals surface area contributed by atoms with Crippen LogP contribution in [0, 0.1) is 5.82 Å². The van der Waals surface area contributed by atoms with E-state index in [0.29, 0.717) is 27.4 Å². The van der Waals surface area contributed by atoms with E-state index < -0.39 is 0 Å². The Hall–Kier alpha value is -1.10. The lowest BCUT2D eigenvalue weighted by Gasteiger charge is -2.15. The minimum atomic E-state index is -0.328. The van der Waals surface area contributed by atoms with E-state index in [1.165, 1.54) is 12.1 Å². The molecule has 2 rings (SSSR count). The second-order valence-corrected chi connectivity index (χ2v) is 5.84. The molecule has 0 radical (unpaired) electrons. The van der Waals surface area contributed by atoms with Gasteiger partial charge in [-0.2, -0.15) is 0 Å². The van der Waals surface area contributed by atoms with Crippen molar-refractivity contribution in [3.05, 3.63) is 57.3 Å². The number of rotatable bonds is 4. The Kier molecular flexibility index (Phi) is 5.02. The maximum Gasteiger partial charge on any atom is 0.141 e. The SMILES string of the molecule is CC(N)Cc1c(Cl)cccc1Oc1ccc(F)cc1Br. The van der Waals surface area contributed by atoms with Crippen LogP contribution < -0.4 is 10.5 Å². The van der Waals surface area contributed by atoms with Crippen LogP contribution in [0.3, 0.4) is 0 Å². The van der Waals surface area contributed by atoms with Crippen molar-refractivity contribution in [3.63, 3.8) is 0 Å². The van der Waals surface area contributed by atoms with Gasteiger partial charge in [0.15, 0.2) is 0 Å². The van der Waals surface area contributed by atoms with Gasteiger partial charge in [0.2, 0.25) is 0 Å². The van der Waals surface area contributed by atoms with Crippen LogP contribution in [0.25, 0.3) is 0 Å². The van der Waals surface area contributed by atoms with E-state index in [0.717, 1.165) is 5.56 Å². The molecule has 0 aliphatic rings. The van der Waals surface area contributed by atoms with Crippen LogP contribution in [0.5, 0.6) is 11.5 Å². The Morgan fingerprint density at radius 3 is 2.70 bits per heavy atom. The fourth-order valence-corrected chi connectivity index (χ4v) is 2.51. The van der Waals surface area contributed by atoms with Gasteiger partial charge in [-0.05, 0) is 59.6 Å². The highest BCUT2D eigenvalue weighted by Crippen LogP contribution is 2.35. The molecular weight excluding hydrogens is 345 g/mol. The quantitative estimate of drug-likeness (QED) is 0.841. The summed E-state index contributed by atoms with van der Waals surface area (Å²) in [5.74, 6) is 0.827. The van der Waals surface area contributed by atoms with Crippen molar-refractivity contribution in [2.45, 2.75) is 19.4 Å². The van der Waals surface area contributed by atoms with E-state index in [4.69, 9.17) is 22.1 Å². The van der Waals surface area contributed by atoms with Gasteiger partial charge in [-0.3, -0.25) is 0 Å². The third-order valence-electron chi connectivity index (χ3n) is 2.72. The first-order valence-electron chi connectivity index (χ1n) is 6.13. The van der Waals surface area contributed by atoms with Crippen molar-refractivity contribution in [2.24, 2.45) is 5.73 Å².